The number of amides is 1. The molecule has 1 saturated carbocycles. The van der Waals surface area contributed by atoms with Crippen molar-refractivity contribution in [1.82, 2.24) is 10.2 Å². The summed E-state index contributed by atoms with van der Waals surface area (Å²) in [5, 5.41) is 2.71. The zero-order valence-electron chi connectivity index (χ0n) is 42.0. The van der Waals surface area contributed by atoms with E-state index in [0.29, 0.717) is 18.2 Å². The molecular weight excluding hydrogens is 845 g/mol. The molecule has 362 valence electrons. The van der Waals surface area contributed by atoms with Crippen LogP contribution in [0.25, 0.3) is 11.1 Å². The van der Waals surface area contributed by atoms with Gasteiger partial charge in [-0.15, -0.1) is 0 Å². The van der Waals surface area contributed by atoms with Gasteiger partial charge in [0.25, 0.3) is 10.1 Å². The monoisotopic (exact) mass is 925 g/mol. The first-order valence-corrected chi connectivity index (χ1v) is 25.8. The van der Waals surface area contributed by atoms with Crippen LogP contribution < -0.4 is 14.8 Å². The molecule has 0 aromatic heterocycles. The Labute approximate surface area is 398 Å². The number of rotatable bonds is 14. The molecule has 0 radical (unpaired) electrons. The largest absolute Gasteiger partial charge is 0.494 e. The number of carbonyl (C=O) groups excluding carboxylic acids is 1. The summed E-state index contributed by atoms with van der Waals surface area (Å²) in [6.07, 6.45) is 12.3. The van der Waals surface area contributed by atoms with Gasteiger partial charge < -0.3 is 19.5 Å². The Balaban J connectivity index is 0.000000309. The minimum Gasteiger partial charge on any atom is -0.494 e. The van der Waals surface area contributed by atoms with Crippen LogP contribution in [0.5, 0.6) is 11.5 Å². The Hall–Kier alpha value is -4.48. The third-order valence-electron chi connectivity index (χ3n) is 11.2. The number of ether oxygens (including phenoxy) is 3. The fraction of sp³-hybridized carbons (Fsp3) is 0.518. The molecule has 10 heteroatoms. The fourth-order valence-electron chi connectivity index (χ4n) is 8.29. The average molecular weight is 925 g/mol. The zero-order chi connectivity index (χ0) is 48.6. The molecule has 1 N–H and O–H groups in total. The molecule has 1 saturated heterocycles. The molecule has 0 spiro atoms. The van der Waals surface area contributed by atoms with E-state index in [1.165, 1.54) is 84.7 Å². The lowest BCUT2D eigenvalue weighted by atomic mass is 9.68. The molecule has 4 aromatic carbocycles. The van der Waals surface area contributed by atoms with E-state index >= 15 is 0 Å². The van der Waals surface area contributed by atoms with Gasteiger partial charge in [-0.05, 0) is 145 Å². The van der Waals surface area contributed by atoms with Crippen molar-refractivity contribution in [3.8, 4) is 22.6 Å². The summed E-state index contributed by atoms with van der Waals surface area (Å²) < 4.78 is 43.7. The predicted octanol–water partition coefficient (Wildman–Crippen LogP) is 12.3. The molecule has 2 aliphatic carbocycles. The quantitative estimate of drug-likeness (QED) is 0.0508. The van der Waals surface area contributed by atoms with Crippen molar-refractivity contribution in [3.05, 3.63) is 132 Å². The molecular formula is C56H80N2O7S. The standard InChI is InChI=1S/C38H42O3.C7H13NO.C6H13N.C5H12O3S/c1-2-3-26-39-32-22-18-29(19-23-32)38(36-16-9-7-14-34(36)35-15-8-10-17-37(35)38)30-20-24-33(25-21-30)41-28-11-27-40-31-12-5-4-6-13-31;1-5-6(9)8-7(2,3)4;1-6(2,3)7-4-5-7;1-5(2,3)8-9(4,6)7/h7-10,14-25,31H,2-6,11-13,26-28H2,1H3;5H,1H2,2-4H3,(H,8,9);4-5H2,1-3H3;1-4H3. The van der Waals surface area contributed by atoms with Gasteiger partial charge in [-0.2, -0.15) is 8.42 Å². The SMILES string of the molecule is C=CC(=O)NC(C)(C)C.CC(C)(C)N1CC1.CC(C)(C)OS(C)(=O)=O.CCCCOc1ccc(C2(c3ccc(OCCCOC4CCCCC4)cc3)c3ccccc3-c3ccccc32)cc1. The minimum atomic E-state index is -3.28. The normalized spacial score (nSPS) is 15.5. The number of nitrogens with zero attached hydrogens (tertiary/aromatic N) is 1. The van der Waals surface area contributed by atoms with Gasteiger partial charge in [0.05, 0.1) is 43.2 Å². The molecule has 1 aliphatic heterocycles. The maximum atomic E-state index is 10.6. The van der Waals surface area contributed by atoms with Crippen molar-refractivity contribution in [2.75, 3.05) is 39.2 Å². The minimum absolute atomic E-state index is 0.123. The number of benzene rings is 4. The molecule has 0 atom stereocenters. The summed E-state index contributed by atoms with van der Waals surface area (Å²) in [7, 11) is -3.28. The second kappa shape index (κ2) is 24.5. The highest BCUT2D eigenvalue weighted by Crippen LogP contribution is 2.56. The van der Waals surface area contributed by atoms with E-state index in [0.717, 1.165) is 50.2 Å². The van der Waals surface area contributed by atoms with Crippen LogP contribution in [0.2, 0.25) is 0 Å². The number of hydrogen-bond acceptors (Lipinski definition) is 8. The second-order valence-electron chi connectivity index (χ2n) is 20.4. The van der Waals surface area contributed by atoms with Crippen molar-refractivity contribution in [3.63, 3.8) is 0 Å². The third kappa shape index (κ3) is 17.3. The average Bonchev–Trinajstić information content (AvgIpc) is 4.08. The van der Waals surface area contributed by atoms with Gasteiger partial charge in [-0.25, -0.2) is 0 Å². The van der Waals surface area contributed by atoms with Gasteiger partial charge in [0.15, 0.2) is 0 Å². The zero-order valence-corrected chi connectivity index (χ0v) is 42.8. The molecule has 7 rings (SSSR count). The van der Waals surface area contributed by atoms with E-state index in [4.69, 9.17) is 14.2 Å². The van der Waals surface area contributed by atoms with Gasteiger partial charge in [-0.1, -0.05) is 112 Å². The van der Waals surface area contributed by atoms with E-state index < -0.39 is 21.1 Å². The maximum absolute atomic E-state index is 10.6. The van der Waals surface area contributed by atoms with Crippen LogP contribution in [0.4, 0.5) is 0 Å². The predicted molar refractivity (Wildman–Crippen MR) is 272 cm³/mol. The topological polar surface area (TPSA) is 103 Å². The van der Waals surface area contributed by atoms with Crippen molar-refractivity contribution < 1.29 is 31.6 Å². The van der Waals surface area contributed by atoms with Crippen LogP contribution in [-0.2, 0) is 29.2 Å². The Bertz CT molecular complexity index is 2160. The van der Waals surface area contributed by atoms with Gasteiger partial charge in [-0.3, -0.25) is 13.9 Å². The Morgan fingerprint density at radius 1 is 0.712 bits per heavy atom. The van der Waals surface area contributed by atoms with E-state index in [9.17, 15) is 13.2 Å². The number of carbonyl (C=O) groups is 1. The fourth-order valence-corrected chi connectivity index (χ4v) is 9.19. The lowest BCUT2D eigenvalue weighted by Gasteiger charge is -2.34. The lowest BCUT2D eigenvalue weighted by molar-refractivity contribution is -0.117. The maximum Gasteiger partial charge on any atom is 0.264 e. The third-order valence-corrected chi connectivity index (χ3v) is 12.0. The Kier molecular flexibility index (Phi) is 20.1. The van der Waals surface area contributed by atoms with Crippen molar-refractivity contribution >= 4 is 16.0 Å². The lowest BCUT2D eigenvalue weighted by Crippen LogP contribution is -2.39. The summed E-state index contributed by atoms with van der Waals surface area (Å²) in [4.78, 5) is 13.0. The number of hydrogen-bond donors (Lipinski definition) is 1. The number of nitrogens with one attached hydrogen (secondary N) is 1. The van der Waals surface area contributed by atoms with Gasteiger partial charge in [0, 0.05) is 30.6 Å². The first-order valence-electron chi connectivity index (χ1n) is 24.0. The van der Waals surface area contributed by atoms with Crippen LogP contribution in [0.15, 0.2) is 110 Å². The molecule has 3 aliphatic rings. The highest BCUT2D eigenvalue weighted by molar-refractivity contribution is 7.86. The first-order chi connectivity index (χ1) is 31.1. The van der Waals surface area contributed by atoms with Crippen LogP contribution in [0.3, 0.4) is 0 Å². The van der Waals surface area contributed by atoms with Crippen molar-refractivity contribution in [1.29, 1.82) is 0 Å². The summed E-state index contributed by atoms with van der Waals surface area (Å²) in [6, 6.07) is 35.2. The summed E-state index contributed by atoms with van der Waals surface area (Å²) in [5.41, 5.74) is 6.98. The summed E-state index contributed by atoms with van der Waals surface area (Å²) in [5.74, 6) is 1.71. The molecule has 1 amide bonds. The van der Waals surface area contributed by atoms with Crippen molar-refractivity contribution in [2.45, 2.75) is 149 Å². The Morgan fingerprint density at radius 3 is 1.53 bits per heavy atom. The smallest absolute Gasteiger partial charge is 0.264 e. The number of fused-ring (bicyclic) bond motifs is 3. The first kappa shape index (κ1) is 54.1. The molecule has 0 bridgehead atoms. The van der Waals surface area contributed by atoms with Crippen LogP contribution in [-0.4, -0.2) is 81.2 Å². The van der Waals surface area contributed by atoms with Crippen LogP contribution in [0, 0.1) is 0 Å². The Morgan fingerprint density at radius 2 is 1.18 bits per heavy atom. The van der Waals surface area contributed by atoms with Crippen molar-refractivity contribution in [2.24, 2.45) is 0 Å². The molecule has 2 fully saturated rings. The second-order valence-corrected chi connectivity index (χ2v) is 22.0. The van der Waals surface area contributed by atoms with Crippen LogP contribution in [0.1, 0.15) is 143 Å². The number of unbranched alkanes of at least 4 members (excludes halogenated alkanes) is 1. The summed E-state index contributed by atoms with van der Waals surface area (Å²) in [6.45, 7) is 27.9. The van der Waals surface area contributed by atoms with Gasteiger partial charge in [0.2, 0.25) is 5.91 Å². The van der Waals surface area contributed by atoms with Crippen LogP contribution >= 0.6 is 0 Å². The molecule has 0 unspecified atom stereocenters. The van der Waals surface area contributed by atoms with Gasteiger partial charge in [0.1, 0.15) is 11.5 Å². The van der Waals surface area contributed by atoms with E-state index in [-0.39, 0.29) is 11.4 Å². The van der Waals surface area contributed by atoms with E-state index in [1.54, 1.807) is 20.8 Å². The molecule has 4 aromatic rings. The molecule has 9 nitrogen and oxygen atoms in total. The molecule has 1 heterocycles. The van der Waals surface area contributed by atoms with Gasteiger partial charge >= 0.3 is 0 Å². The highest BCUT2D eigenvalue weighted by Gasteiger charge is 2.46. The van der Waals surface area contributed by atoms with E-state index in [2.05, 4.69) is 146 Å². The molecule has 66 heavy (non-hydrogen) atoms. The summed E-state index contributed by atoms with van der Waals surface area (Å²) >= 11 is 0. The van der Waals surface area contributed by atoms with E-state index in [1.807, 2.05) is 20.8 Å². The highest BCUT2D eigenvalue weighted by atomic mass is 32.2.